The van der Waals surface area contributed by atoms with Gasteiger partial charge in [-0.3, -0.25) is 14.0 Å². The number of thiazole rings is 1. The second kappa shape index (κ2) is 6.51. The van der Waals surface area contributed by atoms with Gasteiger partial charge in [0.25, 0.3) is 0 Å². The minimum absolute atomic E-state index is 0.187. The first kappa shape index (κ1) is 14.5. The third kappa shape index (κ3) is 3.16. The summed E-state index contributed by atoms with van der Waals surface area (Å²) in [5.74, 6) is -2.09. The lowest BCUT2D eigenvalue weighted by Crippen LogP contribution is -2.30. The third-order valence-corrected chi connectivity index (χ3v) is 3.47. The van der Waals surface area contributed by atoms with Crippen molar-refractivity contribution in [1.29, 1.82) is 0 Å². The monoisotopic (exact) mass is 296 g/mol. The molecule has 0 aliphatic carbocycles. The number of aromatic nitrogens is 2. The van der Waals surface area contributed by atoms with E-state index in [0.717, 1.165) is 4.96 Å². The van der Waals surface area contributed by atoms with Crippen molar-refractivity contribution in [3.8, 4) is 0 Å². The Bertz CT molecular complexity index is 558. The van der Waals surface area contributed by atoms with Crippen LogP contribution in [0, 0.1) is 5.92 Å². The Kier molecular flexibility index (Phi) is 4.73. The second-order valence-corrected chi connectivity index (χ2v) is 4.96. The first-order valence-electron chi connectivity index (χ1n) is 6.40. The smallest absolute Gasteiger partial charge is 0.320 e. The van der Waals surface area contributed by atoms with E-state index in [-0.39, 0.29) is 19.6 Å². The van der Waals surface area contributed by atoms with Gasteiger partial charge < -0.3 is 9.47 Å². The molecule has 0 fully saturated rings. The molecule has 0 bridgehead atoms. The number of esters is 2. The topological polar surface area (TPSA) is 69.9 Å². The minimum atomic E-state index is -0.959. The number of carbonyl (C=O) groups is 2. The molecular formula is C13H16N2O4S. The standard InChI is InChI=1S/C13H16N2O4S/c1-3-18-11(16)10(12(17)19-4-2)7-9-8-15-5-6-20-13(15)14-9/h5-6,8,10H,3-4,7H2,1-2H3. The first-order chi connectivity index (χ1) is 9.65. The summed E-state index contributed by atoms with van der Waals surface area (Å²) in [5.41, 5.74) is 0.669. The zero-order valence-electron chi connectivity index (χ0n) is 11.4. The van der Waals surface area contributed by atoms with Gasteiger partial charge in [0.1, 0.15) is 0 Å². The highest BCUT2D eigenvalue weighted by molar-refractivity contribution is 7.15. The molecule has 0 N–H and O–H groups in total. The Balaban J connectivity index is 2.15. The largest absolute Gasteiger partial charge is 0.465 e. The summed E-state index contributed by atoms with van der Waals surface area (Å²) in [5, 5.41) is 1.92. The van der Waals surface area contributed by atoms with E-state index in [1.165, 1.54) is 11.3 Å². The van der Waals surface area contributed by atoms with Crippen LogP contribution in [0.15, 0.2) is 17.8 Å². The van der Waals surface area contributed by atoms with Crippen LogP contribution < -0.4 is 0 Å². The summed E-state index contributed by atoms with van der Waals surface area (Å²) in [6.45, 7) is 3.86. The van der Waals surface area contributed by atoms with Crippen LogP contribution >= 0.6 is 11.3 Å². The van der Waals surface area contributed by atoms with Crippen molar-refractivity contribution in [2.45, 2.75) is 20.3 Å². The Hall–Kier alpha value is -1.89. The average molecular weight is 296 g/mol. The quantitative estimate of drug-likeness (QED) is 0.599. The molecule has 0 amide bonds. The lowest BCUT2D eigenvalue weighted by atomic mass is 10.0. The van der Waals surface area contributed by atoms with Crippen LogP contribution in [0.5, 0.6) is 0 Å². The number of hydrogen-bond acceptors (Lipinski definition) is 6. The summed E-state index contributed by atoms with van der Waals surface area (Å²) in [4.78, 5) is 28.9. The van der Waals surface area contributed by atoms with Gasteiger partial charge in [-0.15, -0.1) is 11.3 Å². The van der Waals surface area contributed by atoms with Gasteiger partial charge in [-0.25, -0.2) is 4.98 Å². The van der Waals surface area contributed by atoms with Crippen molar-refractivity contribution in [3.05, 3.63) is 23.5 Å². The molecule has 20 heavy (non-hydrogen) atoms. The van der Waals surface area contributed by atoms with Gasteiger partial charge in [-0.2, -0.15) is 0 Å². The van der Waals surface area contributed by atoms with Crippen molar-refractivity contribution in [2.24, 2.45) is 5.92 Å². The Morgan fingerprint density at radius 3 is 2.50 bits per heavy atom. The van der Waals surface area contributed by atoms with E-state index < -0.39 is 17.9 Å². The number of carbonyl (C=O) groups excluding carboxylic acids is 2. The Morgan fingerprint density at radius 1 is 1.30 bits per heavy atom. The molecule has 0 aliphatic heterocycles. The SMILES string of the molecule is CCOC(=O)C(Cc1cn2ccsc2n1)C(=O)OCC. The molecule has 2 heterocycles. The summed E-state index contributed by atoms with van der Waals surface area (Å²) in [7, 11) is 0. The van der Waals surface area contributed by atoms with Crippen molar-refractivity contribution in [1.82, 2.24) is 9.38 Å². The summed E-state index contributed by atoms with van der Waals surface area (Å²) in [6.07, 6.45) is 3.86. The lowest BCUT2D eigenvalue weighted by molar-refractivity contribution is -0.161. The van der Waals surface area contributed by atoms with Crippen molar-refractivity contribution in [2.75, 3.05) is 13.2 Å². The van der Waals surface area contributed by atoms with Gasteiger partial charge in [-0.1, -0.05) is 0 Å². The van der Waals surface area contributed by atoms with Crippen molar-refractivity contribution in [3.63, 3.8) is 0 Å². The molecule has 0 aromatic carbocycles. The average Bonchev–Trinajstić information content (AvgIpc) is 2.96. The van der Waals surface area contributed by atoms with Crippen molar-refractivity contribution < 1.29 is 19.1 Å². The van der Waals surface area contributed by atoms with E-state index in [4.69, 9.17) is 9.47 Å². The molecule has 0 saturated heterocycles. The van der Waals surface area contributed by atoms with Crippen LogP contribution in [0.3, 0.4) is 0 Å². The fourth-order valence-corrected chi connectivity index (χ4v) is 2.55. The summed E-state index contributed by atoms with van der Waals surface area (Å²) < 4.78 is 11.7. The Morgan fingerprint density at radius 2 is 1.95 bits per heavy atom. The van der Waals surface area contributed by atoms with E-state index in [0.29, 0.717) is 5.69 Å². The van der Waals surface area contributed by atoms with Gasteiger partial charge in [-0.05, 0) is 13.8 Å². The van der Waals surface area contributed by atoms with Gasteiger partial charge in [0.2, 0.25) is 0 Å². The maximum absolute atomic E-state index is 11.9. The van der Waals surface area contributed by atoms with E-state index in [1.807, 2.05) is 16.0 Å². The molecule has 0 radical (unpaired) electrons. The number of ether oxygens (including phenoxy) is 2. The highest BCUT2D eigenvalue weighted by Gasteiger charge is 2.30. The zero-order chi connectivity index (χ0) is 14.5. The number of rotatable bonds is 6. The highest BCUT2D eigenvalue weighted by atomic mass is 32.1. The van der Waals surface area contributed by atoms with Crippen LogP contribution in [0.25, 0.3) is 4.96 Å². The van der Waals surface area contributed by atoms with Crippen molar-refractivity contribution >= 4 is 28.2 Å². The first-order valence-corrected chi connectivity index (χ1v) is 7.28. The summed E-state index contributed by atoms with van der Waals surface area (Å²) in [6, 6.07) is 0. The minimum Gasteiger partial charge on any atom is -0.465 e. The van der Waals surface area contributed by atoms with Gasteiger partial charge in [0.15, 0.2) is 10.9 Å². The predicted octanol–water partition coefficient (Wildman–Crippen LogP) is 1.68. The van der Waals surface area contributed by atoms with E-state index in [9.17, 15) is 9.59 Å². The second-order valence-electron chi connectivity index (χ2n) is 4.09. The molecule has 108 valence electrons. The van der Waals surface area contributed by atoms with Crippen LogP contribution in [0.2, 0.25) is 0 Å². The zero-order valence-corrected chi connectivity index (χ0v) is 12.2. The molecule has 6 nitrogen and oxygen atoms in total. The maximum Gasteiger partial charge on any atom is 0.320 e. The molecule has 0 saturated carbocycles. The van der Waals surface area contributed by atoms with E-state index in [1.54, 1.807) is 20.0 Å². The lowest BCUT2D eigenvalue weighted by Gasteiger charge is -2.12. The molecule has 0 unspecified atom stereocenters. The van der Waals surface area contributed by atoms with Gasteiger partial charge in [0, 0.05) is 24.2 Å². The Labute approximate surface area is 120 Å². The van der Waals surface area contributed by atoms with Crippen LogP contribution in [-0.2, 0) is 25.5 Å². The molecule has 7 heteroatoms. The number of hydrogen-bond donors (Lipinski definition) is 0. The van der Waals surface area contributed by atoms with E-state index >= 15 is 0 Å². The van der Waals surface area contributed by atoms with Gasteiger partial charge in [0.05, 0.1) is 18.9 Å². The molecule has 2 rings (SSSR count). The molecule has 0 aliphatic rings. The van der Waals surface area contributed by atoms with Crippen LogP contribution in [-0.4, -0.2) is 34.5 Å². The fraction of sp³-hybridized carbons (Fsp3) is 0.462. The summed E-state index contributed by atoms with van der Waals surface area (Å²) >= 11 is 1.49. The highest BCUT2D eigenvalue weighted by Crippen LogP contribution is 2.16. The number of fused-ring (bicyclic) bond motifs is 1. The molecule has 2 aromatic rings. The number of nitrogens with zero attached hydrogens (tertiary/aromatic N) is 2. The molecule has 2 aromatic heterocycles. The van der Waals surface area contributed by atoms with Crippen LogP contribution in [0.4, 0.5) is 0 Å². The van der Waals surface area contributed by atoms with Crippen LogP contribution in [0.1, 0.15) is 19.5 Å². The third-order valence-electron chi connectivity index (χ3n) is 2.70. The molecule has 0 spiro atoms. The van der Waals surface area contributed by atoms with E-state index in [2.05, 4.69) is 4.98 Å². The fourth-order valence-electron chi connectivity index (χ4n) is 1.83. The number of imidazole rings is 1. The molecule has 0 atom stereocenters. The molecular weight excluding hydrogens is 280 g/mol. The normalized spacial score (nSPS) is 10.9. The van der Waals surface area contributed by atoms with Gasteiger partial charge >= 0.3 is 11.9 Å². The maximum atomic E-state index is 11.9. The predicted molar refractivity (Wildman–Crippen MR) is 73.5 cm³/mol.